The van der Waals surface area contributed by atoms with Crippen LogP contribution < -0.4 is 9.75 Å². The van der Waals surface area contributed by atoms with Gasteiger partial charge in [0.2, 0.25) is 0 Å². The molecule has 7 nitrogen and oxygen atoms in total. The lowest BCUT2D eigenvalue weighted by molar-refractivity contribution is -0.116. The highest BCUT2D eigenvalue weighted by atomic mass is 32.2. The fraction of sp³-hybridized carbons (Fsp3) is 0.333. The van der Waals surface area contributed by atoms with Gasteiger partial charge < -0.3 is 4.74 Å². The first-order valence-electron chi connectivity index (χ1n) is 5.94. The lowest BCUT2D eigenvalue weighted by Crippen LogP contribution is -2.22. The molecule has 1 amide bonds. The number of carbonyl (C=O) groups is 1. The molecule has 0 atom stereocenters. The molecule has 0 bridgehead atoms. The molecule has 1 aromatic rings. The van der Waals surface area contributed by atoms with Crippen molar-refractivity contribution in [2.75, 3.05) is 11.6 Å². The van der Waals surface area contributed by atoms with Crippen molar-refractivity contribution >= 4 is 27.4 Å². The van der Waals surface area contributed by atoms with E-state index in [0.29, 0.717) is 12.3 Å². The summed E-state index contributed by atoms with van der Waals surface area (Å²) < 4.78 is 37.4. The van der Waals surface area contributed by atoms with E-state index in [9.17, 15) is 17.8 Å². The van der Waals surface area contributed by atoms with Crippen LogP contribution in [0.3, 0.4) is 0 Å². The van der Waals surface area contributed by atoms with Gasteiger partial charge in [-0.2, -0.15) is 18.5 Å². The number of hydrogen-bond donors (Lipinski definition) is 1. The third-order valence-electron chi connectivity index (χ3n) is 2.66. The van der Waals surface area contributed by atoms with Crippen LogP contribution in [-0.2, 0) is 14.9 Å². The molecule has 0 unspecified atom stereocenters. The SMILES string of the molecule is CCOc1ccc(N2N=C(C)CC2=O)c(S(=O)(=O)O)c1. The van der Waals surface area contributed by atoms with E-state index >= 15 is 0 Å². The van der Waals surface area contributed by atoms with Crippen LogP contribution in [0.25, 0.3) is 0 Å². The molecule has 0 saturated carbocycles. The minimum atomic E-state index is -4.50. The Kier molecular flexibility index (Phi) is 3.78. The summed E-state index contributed by atoms with van der Waals surface area (Å²) in [6, 6.07) is 4.07. The van der Waals surface area contributed by atoms with Gasteiger partial charge >= 0.3 is 0 Å². The van der Waals surface area contributed by atoms with Crippen LogP contribution in [0, 0.1) is 0 Å². The van der Waals surface area contributed by atoms with Crippen LogP contribution in [0.5, 0.6) is 5.75 Å². The Morgan fingerprint density at radius 3 is 2.65 bits per heavy atom. The van der Waals surface area contributed by atoms with E-state index in [0.717, 1.165) is 5.01 Å². The summed E-state index contributed by atoms with van der Waals surface area (Å²) in [6.45, 7) is 3.77. The summed E-state index contributed by atoms with van der Waals surface area (Å²) in [4.78, 5) is 11.4. The molecule has 0 fully saturated rings. The average molecular weight is 298 g/mol. The van der Waals surface area contributed by atoms with Gasteiger partial charge in [0.25, 0.3) is 16.0 Å². The van der Waals surface area contributed by atoms with Gasteiger partial charge in [0.05, 0.1) is 18.7 Å². The van der Waals surface area contributed by atoms with Crippen molar-refractivity contribution < 1.29 is 22.5 Å². The summed E-state index contributed by atoms with van der Waals surface area (Å²) in [5, 5.41) is 4.95. The fourth-order valence-corrected chi connectivity index (χ4v) is 2.56. The molecule has 1 aliphatic rings. The van der Waals surface area contributed by atoms with E-state index in [1.807, 2.05) is 0 Å². The molecule has 108 valence electrons. The minimum absolute atomic E-state index is 0.0119. The highest BCUT2D eigenvalue weighted by Gasteiger charge is 2.28. The Morgan fingerprint density at radius 1 is 1.45 bits per heavy atom. The molecule has 1 aromatic carbocycles. The predicted octanol–water partition coefficient (Wildman–Crippen LogP) is 1.44. The molecular weight excluding hydrogens is 284 g/mol. The van der Waals surface area contributed by atoms with E-state index in [1.165, 1.54) is 18.2 Å². The van der Waals surface area contributed by atoms with E-state index in [2.05, 4.69) is 5.10 Å². The first-order chi connectivity index (χ1) is 9.32. The molecule has 0 saturated heterocycles. The van der Waals surface area contributed by atoms with Crippen molar-refractivity contribution in [3.63, 3.8) is 0 Å². The number of hydrogen-bond acceptors (Lipinski definition) is 5. The van der Waals surface area contributed by atoms with Gasteiger partial charge in [-0.15, -0.1) is 0 Å². The van der Waals surface area contributed by atoms with Gasteiger partial charge in [-0.1, -0.05) is 0 Å². The Hall–Kier alpha value is -1.93. The molecule has 8 heteroatoms. The summed E-state index contributed by atoms with van der Waals surface area (Å²) >= 11 is 0. The van der Waals surface area contributed by atoms with Crippen molar-refractivity contribution in [3.05, 3.63) is 18.2 Å². The molecular formula is C12H14N2O5S. The lowest BCUT2D eigenvalue weighted by Gasteiger charge is -2.16. The third-order valence-corrected chi connectivity index (χ3v) is 3.55. The zero-order chi connectivity index (χ0) is 14.9. The zero-order valence-electron chi connectivity index (χ0n) is 11.0. The summed E-state index contributed by atoms with van der Waals surface area (Å²) in [6.07, 6.45) is 0.123. The van der Waals surface area contributed by atoms with Gasteiger partial charge in [-0.05, 0) is 26.0 Å². The maximum Gasteiger partial charge on any atom is 0.296 e. The number of anilines is 1. The van der Waals surface area contributed by atoms with Crippen molar-refractivity contribution in [2.45, 2.75) is 25.2 Å². The number of ether oxygens (including phenoxy) is 1. The topological polar surface area (TPSA) is 96.3 Å². The number of rotatable bonds is 4. The maximum atomic E-state index is 11.8. The third kappa shape index (κ3) is 2.81. The summed E-state index contributed by atoms with van der Waals surface area (Å²) in [7, 11) is -4.50. The lowest BCUT2D eigenvalue weighted by atomic mass is 10.2. The molecule has 20 heavy (non-hydrogen) atoms. The van der Waals surface area contributed by atoms with Gasteiger partial charge in [-0.3, -0.25) is 9.35 Å². The number of hydrazone groups is 1. The molecule has 1 heterocycles. The molecule has 0 aliphatic carbocycles. The molecule has 1 N–H and O–H groups in total. The van der Waals surface area contributed by atoms with E-state index in [4.69, 9.17) is 4.74 Å². The fourth-order valence-electron chi connectivity index (χ4n) is 1.88. The van der Waals surface area contributed by atoms with Crippen molar-refractivity contribution in [1.29, 1.82) is 0 Å². The summed E-state index contributed by atoms with van der Waals surface area (Å²) in [5.41, 5.74) is 0.586. The number of amides is 1. The van der Waals surface area contributed by atoms with Gasteiger partial charge in [0.15, 0.2) is 0 Å². The van der Waals surface area contributed by atoms with Crippen molar-refractivity contribution in [3.8, 4) is 5.75 Å². The Morgan fingerprint density at radius 2 is 2.15 bits per heavy atom. The van der Waals surface area contributed by atoms with Gasteiger partial charge in [0.1, 0.15) is 10.6 Å². The first kappa shape index (κ1) is 14.5. The normalized spacial score (nSPS) is 15.4. The van der Waals surface area contributed by atoms with Crippen LogP contribution in [0.2, 0.25) is 0 Å². The van der Waals surface area contributed by atoms with Crippen molar-refractivity contribution in [1.82, 2.24) is 0 Å². The predicted molar refractivity (Wildman–Crippen MR) is 72.6 cm³/mol. The van der Waals surface area contributed by atoms with Crippen LogP contribution in [0.1, 0.15) is 20.3 Å². The van der Waals surface area contributed by atoms with Gasteiger partial charge in [0, 0.05) is 11.8 Å². The number of carbonyl (C=O) groups excluding carboxylic acids is 1. The quantitative estimate of drug-likeness (QED) is 0.848. The monoisotopic (exact) mass is 298 g/mol. The van der Waals surface area contributed by atoms with Crippen LogP contribution in [0.4, 0.5) is 5.69 Å². The minimum Gasteiger partial charge on any atom is -0.494 e. The average Bonchev–Trinajstić information content (AvgIpc) is 2.68. The Labute approximate surface area is 116 Å². The molecule has 0 spiro atoms. The summed E-state index contributed by atoms with van der Waals surface area (Å²) in [5.74, 6) is -0.0622. The van der Waals surface area contributed by atoms with Crippen molar-refractivity contribution in [2.24, 2.45) is 5.10 Å². The number of benzene rings is 1. The smallest absolute Gasteiger partial charge is 0.296 e. The second-order valence-corrected chi connectivity index (χ2v) is 5.65. The standard InChI is InChI=1S/C12H14N2O5S/c1-3-19-9-4-5-10(11(7-9)20(16,17)18)14-12(15)6-8(2)13-14/h4-5,7H,3,6H2,1-2H3,(H,16,17,18). The van der Waals surface area contributed by atoms with E-state index in [1.54, 1.807) is 13.8 Å². The second-order valence-electron chi connectivity index (χ2n) is 4.26. The largest absolute Gasteiger partial charge is 0.494 e. The Bertz CT molecular complexity index is 681. The van der Waals surface area contributed by atoms with Crippen LogP contribution in [-0.4, -0.2) is 31.2 Å². The highest BCUT2D eigenvalue weighted by molar-refractivity contribution is 7.86. The Balaban J connectivity index is 2.56. The highest BCUT2D eigenvalue weighted by Crippen LogP contribution is 2.31. The second kappa shape index (κ2) is 5.22. The molecule has 2 rings (SSSR count). The van der Waals surface area contributed by atoms with E-state index < -0.39 is 15.0 Å². The maximum absolute atomic E-state index is 11.8. The first-order valence-corrected chi connectivity index (χ1v) is 7.38. The van der Waals surface area contributed by atoms with Crippen LogP contribution >= 0.6 is 0 Å². The molecule has 0 aromatic heterocycles. The number of nitrogens with zero attached hydrogens (tertiary/aromatic N) is 2. The van der Waals surface area contributed by atoms with Crippen LogP contribution in [0.15, 0.2) is 28.2 Å². The molecule has 0 radical (unpaired) electrons. The van der Waals surface area contributed by atoms with Gasteiger partial charge in [-0.25, -0.2) is 0 Å². The molecule has 1 aliphatic heterocycles. The van der Waals surface area contributed by atoms with E-state index in [-0.39, 0.29) is 23.8 Å². The zero-order valence-corrected chi connectivity index (χ0v) is 11.8.